The fourth-order valence-electron chi connectivity index (χ4n) is 3.17. The van der Waals surface area contributed by atoms with Gasteiger partial charge >= 0.3 is 0 Å². The Balaban J connectivity index is 1.68. The Hall–Kier alpha value is -1.87. The number of nitrogens with zero attached hydrogens (tertiary/aromatic N) is 1. The van der Waals surface area contributed by atoms with Gasteiger partial charge in [0.1, 0.15) is 12.4 Å². The minimum atomic E-state index is 0.595. The van der Waals surface area contributed by atoms with Gasteiger partial charge in [0.05, 0.1) is 12.3 Å². The smallest absolute Gasteiger partial charge is 0.119 e. The van der Waals surface area contributed by atoms with Crippen LogP contribution in [0.5, 0.6) is 5.75 Å². The lowest BCUT2D eigenvalue weighted by Gasteiger charge is -2.08. The molecule has 0 N–H and O–H groups in total. The van der Waals surface area contributed by atoms with E-state index in [1.807, 2.05) is 18.3 Å². The number of hydrogen-bond donors (Lipinski definition) is 0. The zero-order valence-electron chi connectivity index (χ0n) is 17.8. The van der Waals surface area contributed by atoms with Crippen molar-refractivity contribution in [3.8, 4) is 17.0 Å². The molecule has 0 saturated carbocycles. The Labute approximate surface area is 171 Å². The van der Waals surface area contributed by atoms with Crippen LogP contribution in [0.4, 0.5) is 0 Å². The second kappa shape index (κ2) is 14.2. The van der Waals surface area contributed by atoms with Crippen molar-refractivity contribution in [2.45, 2.75) is 71.6 Å². The largest absolute Gasteiger partial charge is 0.491 e. The maximum Gasteiger partial charge on any atom is 0.119 e. The van der Waals surface area contributed by atoms with Crippen LogP contribution in [0.3, 0.4) is 0 Å². The molecule has 3 nitrogen and oxygen atoms in total. The van der Waals surface area contributed by atoms with Crippen molar-refractivity contribution in [1.29, 1.82) is 0 Å². The molecular formula is C25H37NO2. The Morgan fingerprint density at radius 3 is 2.14 bits per heavy atom. The van der Waals surface area contributed by atoms with E-state index in [-0.39, 0.29) is 0 Å². The molecule has 28 heavy (non-hydrogen) atoms. The molecule has 0 fully saturated rings. The van der Waals surface area contributed by atoms with E-state index in [2.05, 4.69) is 43.1 Å². The summed E-state index contributed by atoms with van der Waals surface area (Å²) >= 11 is 0. The van der Waals surface area contributed by atoms with Crippen LogP contribution in [0.15, 0.2) is 42.6 Å². The summed E-state index contributed by atoms with van der Waals surface area (Å²) in [5.41, 5.74) is 3.46. The summed E-state index contributed by atoms with van der Waals surface area (Å²) in [5.74, 6) is 0.880. The number of unbranched alkanes of at least 4 members (excludes halogenated alkanes) is 6. The topological polar surface area (TPSA) is 31.4 Å². The van der Waals surface area contributed by atoms with Crippen molar-refractivity contribution in [2.24, 2.45) is 0 Å². The molecule has 0 amide bonds. The van der Waals surface area contributed by atoms with Crippen LogP contribution in [-0.2, 0) is 11.2 Å². The van der Waals surface area contributed by atoms with Crippen molar-refractivity contribution in [1.82, 2.24) is 4.98 Å². The Morgan fingerprint density at radius 1 is 0.714 bits per heavy atom. The number of hydrogen-bond acceptors (Lipinski definition) is 3. The van der Waals surface area contributed by atoms with Gasteiger partial charge in [0, 0.05) is 18.4 Å². The Bertz CT molecular complexity index is 622. The zero-order chi connectivity index (χ0) is 19.9. The lowest BCUT2D eigenvalue weighted by molar-refractivity contribution is 0.0971. The van der Waals surface area contributed by atoms with E-state index in [0.29, 0.717) is 13.2 Å². The summed E-state index contributed by atoms with van der Waals surface area (Å²) in [5, 5.41) is 0. The van der Waals surface area contributed by atoms with Gasteiger partial charge in [0.25, 0.3) is 0 Å². The first-order valence-corrected chi connectivity index (χ1v) is 11.1. The Kier molecular flexibility index (Phi) is 11.3. The fraction of sp³-hybridized carbons (Fsp3) is 0.560. The molecule has 0 radical (unpaired) electrons. The van der Waals surface area contributed by atoms with Gasteiger partial charge in [0.2, 0.25) is 0 Å². The predicted molar refractivity (Wildman–Crippen MR) is 118 cm³/mol. The second-order valence-corrected chi connectivity index (χ2v) is 7.41. The first-order chi connectivity index (χ1) is 13.8. The van der Waals surface area contributed by atoms with E-state index in [1.165, 1.54) is 50.5 Å². The zero-order valence-corrected chi connectivity index (χ0v) is 17.8. The lowest BCUT2D eigenvalue weighted by atomic mass is 10.1. The van der Waals surface area contributed by atoms with E-state index >= 15 is 0 Å². The van der Waals surface area contributed by atoms with Crippen molar-refractivity contribution in [3.63, 3.8) is 0 Å². The predicted octanol–water partition coefficient (Wildman–Crippen LogP) is 6.85. The quantitative estimate of drug-likeness (QED) is 0.315. The average Bonchev–Trinajstić information content (AvgIpc) is 2.74. The normalized spacial score (nSPS) is 10.9. The second-order valence-electron chi connectivity index (χ2n) is 7.41. The number of benzene rings is 1. The maximum atomic E-state index is 5.76. The number of aryl methyl sites for hydroxylation is 1. The highest BCUT2D eigenvalue weighted by Crippen LogP contribution is 2.21. The van der Waals surface area contributed by atoms with Gasteiger partial charge in [-0.2, -0.15) is 0 Å². The standard InChI is InChI=1S/C25H37NO2/c1-3-5-7-9-11-22-12-17-25(26-21-22)23-13-15-24(16-14-23)28-20-19-27-18-10-8-6-4-2/h12-17,21H,3-11,18-20H2,1-2H3. The summed E-state index contributed by atoms with van der Waals surface area (Å²) in [6.07, 6.45) is 13.3. The molecule has 2 aromatic rings. The SMILES string of the molecule is CCCCCCOCCOc1ccc(-c2ccc(CCCCCC)cn2)cc1. The summed E-state index contributed by atoms with van der Waals surface area (Å²) in [7, 11) is 0. The molecule has 0 aliphatic carbocycles. The van der Waals surface area contributed by atoms with Crippen LogP contribution in [0.2, 0.25) is 0 Å². The monoisotopic (exact) mass is 383 g/mol. The molecule has 0 atom stereocenters. The highest BCUT2D eigenvalue weighted by molar-refractivity contribution is 5.60. The van der Waals surface area contributed by atoms with Crippen molar-refractivity contribution in [3.05, 3.63) is 48.2 Å². The summed E-state index contributed by atoms with van der Waals surface area (Å²) < 4.78 is 11.4. The first kappa shape index (κ1) is 22.4. The van der Waals surface area contributed by atoms with E-state index in [1.54, 1.807) is 0 Å². The molecule has 0 spiro atoms. The molecule has 154 valence electrons. The van der Waals surface area contributed by atoms with Gasteiger partial charge in [-0.25, -0.2) is 0 Å². The third-order valence-electron chi connectivity index (χ3n) is 4.93. The van der Waals surface area contributed by atoms with E-state index in [9.17, 15) is 0 Å². The number of pyridine rings is 1. The van der Waals surface area contributed by atoms with E-state index < -0.39 is 0 Å². The number of rotatable bonds is 15. The molecule has 1 heterocycles. The Morgan fingerprint density at radius 2 is 1.46 bits per heavy atom. The molecule has 1 aromatic heterocycles. The van der Waals surface area contributed by atoms with Crippen molar-refractivity contribution in [2.75, 3.05) is 19.8 Å². The van der Waals surface area contributed by atoms with Gasteiger partial charge in [-0.05, 0) is 55.2 Å². The van der Waals surface area contributed by atoms with E-state index in [4.69, 9.17) is 9.47 Å². The molecule has 0 aliphatic rings. The van der Waals surface area contributed by atoms with Crippen LogP contribution in [0, 0.1) is 0 Å². The van der Waals surface area contributed by atoms with Crippen molar-refractivity contribution < 1.29 is 9.47 Å². The molecule has 3 heteroatoms. The molecule has 0 saturated heterocycles. The highest BCUT2D eigenvalue weighted by Gasteiger charge is 2.02. The van der Waals surface area contributed by atoms with Crippen LogP contribution in [-0.4, -0.2) is 24.8 Å². The van der Waals surface area contributed by atoms with Crippen LogP contribution in [0.1, 0.15) is 70.8 Å². The van der Waals surface area contributed by atoms with Crippen molar-refractivity contribution >= 4 is 0 Å². The molecular weight excluding hydrogens is 346 g/mol. The summed E-state index contributed by atoms with van der Waals surface area (Å²) in [6.45, 7) is 6.55. The third-order valence-corrected chi connectivity index (χ3v) is 4.93. The van der Waals surface area contributed by atoms with Crippen LogP contribution in [0.25, 0.3) is 11.3 Å². The minimum Gasteiger partial charge on any atom is -0.491 e. The molecule has 0 unspecified atom stereocenters. The summed E-state index contributed by atoms with van der Waals surface area (Å²) in [6, 6.07) is 12.5. The molecule has 2 rings (SSSR count). The lowest BCUT2D eigenvalue weighted by Crippen LogP contribution is -2.07. The van der Waals surface area contributed by atoms with Crippen LogP contribution >= 0.6 is 0 Å². The summed E-state index contributed by atoms with van der Waals surface area (Å²) in [4.78, 5) is 4.63. The van der Waals surface area contributed by atoms with Gasteiger partial charge in [-0.15, -0.1) is 0 Å². The fourth-order valence-corrected chi connectivity index (χ4v) is 3.17. The van der Waals surface area contributed by atoms with Gasteiger partial charge in [-0.1, -0.05) is 58.4 Å². The first-order valence-electron chi connectivity index (χ1n) is 11.1. The minimum absolute atomic E-state index is 0.595. The number of aromatic nitrogens is 1. The molecule has 0 aliphatic heterocycles. The van der Waals surface area contributed by atoms with Crippen LogP contribution < -0.4 is 4.74 Å². The molecule has 1 aromatic carbocycles. The average molecular weight is 384 g/mol. The van der Waals surface area contributed by atoms with E-state index in [0.717, 1.165) is 36.5 Å². The van der Waals surface area contributed by atoms with Gasteiger partial charge in [-0.3, -0.25) is 4.98 Å². The highest BCUT2D eigenvalue weighted by atomic mass is 16.5. The number of ether oxygens (including phenoxy) is 2. The van der Waals surface area contributed by atoms with Gasteiger partial charge in [0.15, 0.2) is 0 Å². The maximum absolute atomic E-state index is 5.76. The molecule has 0 bridgehead atoms. The third kappa shape index (κ3) is 8.88. The van der Waals surface area contributed by atoms with Gasteiger partial charge < -0.3 is 9.47 Å².